The second-order valence-corrected chi connectivity index (χ2v) is 4.44. The molecule has 0 bridgehead atoms. The Morgan fingerprint density at radius 2 is 2.25 bits per heavy atom. The number of nitrogens with one attached hydrogen (secondary N) is 1. The van der Waals surface area contributed by atoms with E-state index in [0.717, 1.165) is 32.7 Å². The molecule has 1 heterocycles. The van der Waals surface area contributed by atoms with Crippen molar-refractivity contribution in [1.82, 2.24) is 4.98 Å². The number of H-pyrrole nitrogens is 1. The first-order valence-corrected chi connectivity index (χ1v) is 5.56. The van der Waals surface area contributed by atoms with Gasteiger partial charge in [-0.05, 0) is 31.2 Å². The van der Waals surface area contributed by atoms with Crippen molar-refractivity contribution in [1.29, 1.82) is 0 Å². The molecular formula is C12H10BrNO2. The molecule has 1 aromatic carbocycles. The van der Waals surface area contributed by atoms with Crippen LogP contribution in [0.5, 0.6) is 0 Å². The number of carboxylic acids is 1. The van der Waals surface area contributed by atoms with Gasteiger partial charge in [0.15, 0.2) is 0 Å². The molecule has 0 spiro atoms. The van der Waals surface area contributed by atoms with Crippen molar-refractivity contribution >= 4 is 38.9 Å². The maximum absolute atomic E-state index is 10.5. The van der Waals surface area contributed by atoms with Crippen molar-refractivity contribution in [2.24, 2.45) is 0 Å². The van der Waals surface area contributed by atoms with Gasteiger partial charge in [0.2, 0.25) is 0 Å². The van der Waals surface area contributed by atoms with Crippen LogP contribution in [0.1, 0.15) is 11.3 Å². The van der Waals surface area contributed by atoms with E-state index in [9.17, 15) is 4.79 Å². The molecule has 16 heavy (non-hydrogen) atoms. The summed E-state index contributed by atoms with van der Waals surface area (Å²) in [7, 11) is 0. The van der Waals surface area contributed by atoms with Crippen molar-refractivity contribution in [2.75, 3.05) is 0 Å². The fourth-order valence-corrected chi connectivity index (χ4v) is 2.05. The fourth-order valence-electron chi connectivity index (χ4n) is 1.69. The molecule has 82 valence electrons. The summed E-state index contributed by atoms with van der Waals surface area (Å²) in [5, 5.41) is 9.64. The maximum atomic E-state index is 10.5. The standard InChI is InChI=1S/C12H10BrNO2/c1-7-9(3-5-12(15)16)10-6-8(13)2-4-11(10)14-7/h2-6,14H,1H3,(H,15,16)/b5-3+. The summed E-state index contributed by atoms with van der Waals surface area (Å²) >= 11 is 3.40. The van der Waals surface area contributed by atoms with Gasteiger partial charge < -0.3 is 10.1 Å². The summed E-state index contributed by atoms with van der Waals surface area (Å²) in [6.07, 6.45) is 2.76. The summed E-state index contributed by atoms with van der Waals surface area (Å²) in [5.41, 5.74) is 2.88. The van der Waals surface area contributed by atoms with Gasteiger partial charge in [-0.1, -0.05) is 15.9 Å². The molecule has 4 heteroatoms. The van der Waals surface area contributed by atoms with Crippen molar-refractivity contribution in [3.8, 4) is 0 Å². The smallest absolute Gasteiger partial charge is 0.328 e. The van der Waals surface area contributed by atoms with Crippen LogP contribution in [-0.2, 0) is 4.79 Å². The normalized spacial score (nSPS) is 11.4. The summed E-state index contributed by atoms with van der Waals surface area (Å²) in [6.45, 7) is 1.93. The molecule has 0 saturated heterocycles. The molecule has 0 atom stereocenters. The van der Waals surface area contributed by atoms with Crippen LogP contribution in [0.15, 0.2) is 28.7 Å². The largest absolute Gasteiger partial charge is 0.478 e. The van der Waals surface area contributed by atoms with Crippen molar-refractivity contribution in [2.45, 2.75) is 6.92 Å². The Bertz CT molecular complexity index is 584. The zero-order valence-electron chi connectivity index (χ0n) is 8.62. The van der Waals surface area contributed by atoms with E-state index in [4.69, 9.17) is 5.11 Å². The highest BCUT2D eigenvalue weighted by Gasteiger charge is 2.06. The minimum absolute atomic E-state index is 0.915. The second-order valence-electron chi connectivity index (χ2n) is 3.53. The van der Waals surface area contributed by atoms with Gasteiger partial charge in [0.1, 0.15) is 0 Å². The molecule has 0 aliphatic carbocycles. The quantitative estimate of drug-likeness (QED) is 0.829. The first-order valence-electron chi connectivity index (χ1n) is 4.77. The highest BCUT2D eigenvalue weighted by Crippen LogP contribution is 2.26. The van der Waals surface area contributed by atoms with Gasteiger partial charge in [0.25, 0.3) is 0 Å². The van der Waals surface area contributed by atoms with Gasteiger partial charge in [-0.15, -0.1) is 0 Å². The molecule has 0 radical (unpaired) electrons. The van der Waals surface area contributed by atoms with E-state index >= 15 is 0 Å². The van der Waals surface area contributed by atoms with Crippen LogP contribution >= 0.6 is 15.9 Å². The van der Waals surface area contributed by atoms with Crippen molar-refractivity contribution < 1.29 is 9.90 Å². The van der Waals surface area contributed by atoms with E-state index in [-0.39, 0.29) is 0 Å². The van der Waals surface area contributed by atoms with E-state index < -0.39 is 5.97 Å². The lowest BCUT2D eigenvalue weighted by Gasteiger charge is -1.94. The number of hydrogen-bond acceptors (Lipinski definition) is 1. The lowest BCUT2D eigenvalue weighted by molar-refractivity contribution is -0.131. The average Bonchev–Trinajstić information content (AvgIpc) is 2.51. The Morgan fingerprint density at radius 1 is 1.50 bits per heavy atom. The molecule has 0 amide bonds. The number of hydrogen-bond donors (Lipinski definition) is 2. The first-order chi connectivity index (χ1) is 7.58. The van der Waals surface area contributed by atoms with Crippen LogP contribution < -0.4 is 0 Å². The molecule has 1 aromatic heterocycles. The number of halogens is 1. The number of carboxylic acid groups (broad SMARTS) is 1. The van der Waals surface area contributed by atoms with Gasteiger partial charge in [-0.3, -0.25) is 0 Å². The molecule has 0 aliphatic rings. The third kappa shape index (κ3) is 2.02. The molecule has 3 nitrogen and oxygen atoms in total. The van der Waals surface area contributed by atoms with Gasteiger partial charge >= 0.3 is 5.97 Å². The summed E-state index contributed by atoms with van der Waals surface area (Å²) in [4.78, 5) is 13.7. The third-order valence-electron chi connectivity index (χ3n) is 2.39. The minimum Gasteiger partial charge on any atom is -0.478 e. The van der Waals surface area contributed by atoms with Gasteiger partial charge in [0.05, 0.1) is 0 Å². The van der Waals surface area contributed by atoms with E-state index in [2.05, 4.69) is 20.9 Å². The molecule has 0 saturated carbocycles. The fraction of sp³-hybridized carbons (Fsp3) is 0.0833. The van der Waals surface area contributed by atoms with Crippen LogP contribution in [0, 0.1) is 6.92 Å². The highest BCUT2D eigenvalue weighted by molar-refractivity contribution is 9.10. The highest BCUT2D eigenvalue weighted by atomic mass is 79.9. The molecule has 0 aliphatic heterocycles. The van der Waals surface area contributed by atoms with Crippen molar-refractivity contribution in [3.63, 3.8) is 0 Å². The number of carbonyl (C=O) groups is 1. The molecule has 2 rings (SSSR count). The topological polar surface area (TPSA) is 53.1 Å². The Labute approximate surface area is 101 Å². The van der Waals surface area contributed by atoms with Crippen LogP contribution in [0.3, 0.4) is 0 Å². The summed E-state index contributed by atoms with van der Waals surface area (Å²) in [6, 6.07) is 5.88. The average molecular weight is 280 g/mol. The van der Waals surface area contributed by atoms with Crippen LogP contribution in [0.4, 0.5) is 0 Å². The van der Waals surface area contributed by atoms with Crippen molar-refractivity contribution in [3.05, 3.63) is 40.0 Å². The monoisotopic (exact) mass is 279 g/mol. The van der Waals surface area contributed by atoms with Crippen LogP contribution in [0.25, 0.3) is 17.0 Å². The summed E-state index contributed by atoms with van der Waals surface area (Å²) < 4.78 is 0.976. The second kappa shape index (κ2) is 4.14. The number of rotatable bonds is 2. The minimum atomic E-state index is -0.941. The number of fused-ring (bicyclic) bond motifs is 1. The molecule has 0 unspecified atom stereocenters. The van der Waals surface area contributed by atoms with E-state index in [1.165, 1.54) is 0 Å². The lowest BCUT2D eigenvalue weighted by atomic mass is 10.1. The van der Waals surface area contributed by atoms with Gasteiger partial charge in [-0.2, -0.15) is 0 Å². The third-order valence-corrected chi connectivity index (χ3v) is 2.88. The number of aryl methyl sites for hydroxylation is 1. The maximum Gasteiger partial charge on any atom is 0.328 e. The zero-order chi connectivity index (χ0) is 11.7. The Morgan fingerprint density at radius 3 is 2.94 bits per heavy atom. The Balaban J connectivity index is 2.62. The van der Waals surface area contributed by atoms with Crippen LogP contribution in [-0.4, -0.2) is 16.1 Å². The van der Waals surface area contributed by atoms with Gasteiger partial charge in [-0.25, -0.2) is 4.79 Å². The van der Waals surface area contributed by atoms with E-state index in [1.54, 1.807) is 6.08 Å². The number of benzene rings is 1. The number of aromatic amines is 1. The van der Waals surface area contributed by atoms with Gasteiger partial charge in [0, 0.05) is 32.7 Å². The molecular weight excluding hydrogens is 270 g/mol. The van der Waals surface area contributed by atoms with E-state index in [0.29, 0.717) is 0 Å². The predicted molar refractivity (Wildman–Crippen MR) is 67.4 cm³/mol. The first kappa shape index (κ1) is 11.0. The molecule has 0 fully saturated rings. The number of aliphatic carboxylic acids is 1. The Hall–Kier alpha value is -1.55. The Kier molecular flexibility index (Phi) is 2.83. The lowest BCUT2D eigenvalue weighted by Crippen LogP contribution is -1.86. The summed E-state index contributed by atoms with van der Waals surface area (Å²) in [5.74, 6) is -0.941. The zero-order valence-corrected chi connectivity index (χ0v) is 10.2. The van der Waals surface area contributed by atoms with Crippen LogP contribution in [0.2, 0.25) is 0 Å². The molecule has 2 N–H and O–H groups in total. The predicted octanol–water partition coefficient (Wildman–Crippen LogP) is 3.34. The number of aromatic nitrogens is 1. The van der Waals surface area contributed by atoms with E-state index in [1.807, 2.05) is 25.1 Å². The SMILES string of the molecule is Cc1[nH]c2ccc(Br)cc2c1/C=C/C(=O)O. The molecule has 2 aromatic rings.